The number of aliphatic hydroxyl groups is 4. The topological polar surface area (TPSA) is 190 Å². The Kier molecular flexibility index (Phi) is 5.67. The average molecular weight is 448 g/mol. The highest BCUT2D eigenvalue weighted by molar-refractivity contribution is 5.86. The molecule has 1 saturated heterocycles. The monoisotopic (exact) mass is 448 g/mol. The van der Waals surface area contributed by atoms with Gasteiger partial charge in [-0.15, -0.1) is 0 Å². The number of ether oxygens (including phenoxy) is 2. The Labute approximate surface area is 179 Å². The Morgan fingerprint density at radius 1 is 0.875 bits per heavy atom. The molecule has 0 radical (unpaired) electrons. The molecule has 32 heavy (non-hydrogen) atoms. The van der Waals surface area contributed by atoms with Crippen LogP contribution < -0.4 is 10.2 Å². The molecular weight excluding hydrogens is 428 g/mol. The lowest BCUT2D eigenvalue weighted by Crippen LogP contribution is -2.60. The van der Waals surface area contributed by atoms with E-state index in [1.807, 2.05) is 0 Å². The maximum Gasteiger partial charge on any atom is 0.229 e. The summed E-state index contributed by atoms with van der Waals surface area (Å²) in [5, 5.41) is 68.5. The molecule has 1 fully saturated rings. The third-order valence-electron chi connectivity index (χ3n) is 5.14. The van der Waals surface area contributed by atoms with Crippen molar-refractivity contribution in [2.75, 3.05) is 6.61 Å². The predicted molar refractivity (Wildman–Crippen MR) is 107 cm³/mol. The summed E-state index contributed by atoms with van der Waals surface area (Å²) >= 11 is 0. The van der Waals surface area contributed by atoms with Gasteiger partial charge in [0.05, 0.1) is 6.61 Å². The van der Waals surface area contributed by atoms with Gasteiger partial charge in [0.15, 0.2) is 16.9 Å². The summed E-state index contributed by atoms with van der Waals surface area (Å²) in [4.78, 5) is 12.5. The first-order chi connectivity index (χ1) is 15.2. The van der Waals surface area contributed by atoms with E-state index in [-0.39, 0.29) is 33.8 Å². The van der Waals surface area contributed by atoms with Crippen LogP contribution in [0.25, 0.3) is 22.3 Å². The van der Waals surface area contributed by atoms with E-state index in [2.05, 4.69) is 0 Å². The van der Waals surface area contributed by atoms with Gasteiger partial charge in [-0.25, -0.2) is 0 Å². The van der Waals surface area contributed by atoms with Crippen molar-refractivity contribution in [1.29, 1.82) is 0 Å². The average Bonchev–Trinajstić information content (AvgIpc) is 2.75. The molecule has 2 aromatic carbocycles. The van der Waals surface area contributed by atoms with E-state index in [0.29, 0.717) is 0 Å². The van der Waals surface area contributed by atoms with Gasteiger partial charge in [-0.1, -0.05) is 0 Å². The fraction of sp³-hybridized carbons (Fsp3) is 0.286. The molecule has 11 heteroatoms. The summed E-state index contributed by atoms with van der Waals surface area (Å²) in [5.74, 6) is -1.34. The lowest BCUT2D eigenvalue weighted by Gasteiger charge is -2.39. The van der Waals surface area contributed by atoms with Crippen LogP contribution in [0, 0.1) is 0 Å². The van der Waals surface area contributed by atoms with E-state index >= 15 is 0 Å². The molecule has 0 saturated carbocycles. The zero-order valence-electron chi connectivity index (χ0n) is 16.3. The van der Waals surface area contributed by atoms with Crippen molar-refractivity contribution in [1.82, 2.24) is 0 Å². The van der Waals surface area contributed by atoms with E-state index in [4.69, 9.17) is 13.9 Å². The van der Waals surface area contributed by atoms with E-state index in [1.165, 1.54) is 24.3 Å². The van der Waals surface area contributed by atoms with Crippen molar-refractivity contribution in [3.8, 4) is 34.3 Å². The normalized spacial score (nSPS) is 25.7. The van der Waals surface area contributed by atoms with Crippen molar-refractivity contribution < 1.29 is 49.6 Å². The minimum atomic E-state index is -1.68. The lowest BCUT2D eigenvalue weighted by molar-refractivity contribution is -0.277. The predicted octanol–water partition coefficient (Wildman–Crippen LogP) is -0.245. The third kappa shape index (κ3) is 3.83. The smallest absolute Gasteiger partial charge is 0.229 e. The van der Waals surface area contributed by atoms with Crippen molar-refractivity contribution in [2.24, 2.45) is 0 Å². The summed E-state index contributed by atoms with van der Waals surface area (Å²) in [5.41, 5.74) is -0.413. The van der Waals surface area contributed by atoms with Crippen LogP contribution in [0.5, 0.6) is 23.0 Å². The van der Waals surface area contributed by atoms with Gasteiger partial charge in [-0.05, 0) is 18.2 Å². The first-order valence-electron chi connectivity index (χ1n) is 9.50. The largest absolute Gasteiger partial charge is 0.507 e. The van der Waals surface area contributed by atoms with Gasteiger partial charge in [0, 0.05) is 23.8 Å². The van der Waals surface area contributed by atoms with Crippen LogP contribution in [-0.4, -0.2) is 73.1 Å². The maximum atomic E-state index is 12.5. The molecule has 0 bridgehead atoms. The van der Waals surface area contributed by atoms with E-state index in [9.17, 15) is 40.5 Å². The minimum Gasteiger partial charge on any atom is -0.507 e. The minimum absolute atomic E-state index is 0.0298. The highest BCUT2D eigenvalue weighted by Crippen LogP contribution is 2.35. The first-order valence-corrected chi connectivity index (χ1v) is 9.50. The van der Waals surface area contributed by atoms with Gasteiger partial charge < -0.3 is 49.6 Å². The number of rotatable bonds is 4. The highest BCUT2D eigenvalue weighted by atomic mass is 16.7. The Morgan fingerprint density at radius 2 is 1.62 bits per heavy atom. The summed E-state index contributed by atoms with van der Waals surface area (Å²) in [7, 11) is 0. The number of benzene rings is 2. The summed E-state index contributed by atoms with van der Waals surface area (Å²) in [6, 6.07) is 7.23. The molecule has 0 aliphatic carbocycles. The van der Waals surface area contributed by atoms with E-state index in [1.54, 1.807) is 0 Å². The standard InChI is InChI=1S/C21H20O11/c22-7-16-18(27)19(28)20(29)21(32-16)30-9-4-12(25)17-13(26)6-14(31-15(17)5-9)8-1-2-10(23)11(24)3-8/h1-6,16,18-25,27-29H,7H2/t16?,18-,19-,20?,21?/m1/s1. The Hall–Kier alpha value is -3.35. The quantitative estimate of drug-likeness (QED) is 0.261. The van der Waals surface area contributed by atoms with Crippen LogP contribution >= 0.6 is 0 Å². The van der Waals surface area contributed by atoms with Crippen molar-refractivity contribution in [3.05, 3.63) is 46.6 Å². The van der Waals surface area contributed by atoms with Gasteiger partial charge >= 0.3 is 0 Å². The van der Waals surface area contributed by atoms with Gasteiger partial charge in [-0.3, -0.25) is 4.79 Å². The molecule has 1 aliphatic heterocycles. The molecular formula is C21H20O11. The fourth-order valence-electron chi connectivity index (χ4n) is 3.43. The summed E-state index contributed by atoms with van der Waals surface area (Å²) in [6.45, 7) is -0.647. The third-order valence-corrected chi connectivity index (χ3v) is 5.14. The number of phenolic OH excluding ortho intramolecular Hbond substituents is 3. The SMILES string of the molecule is O=c1cc(-c2ccc(O)c(O)c2)oc2cc(OC3OC(CO)[C@@H](O)[C@@H](O)C3O)cc(O)c12. The van der Waals surface area contributed by atoms with E-state index in [0.717, 1.165) is 12.1 Å². The van der Waals surface area contributed by atoms with Crippen LogP contribution in [-0.2, 0) is 4.74 Å². The van der Waals surface area contributed by atoms with Crippen molar-refractivity contribution in [3.63, 3.8) is 0 Å². The Bertz CT molecular complexity index is 1200. The molecule has 5 atom stereocenters. The summed E-state index contributed by atoms with van der Waals surface area (Å²) in [6.07, 6.45) is -7.61. The van der Waals surface area contributed by atoms with Gasteiger partial charge in [-0.2, -0.15) is 0 Å². The van der Waals surface area contributed by atoms with Gasteiger partial charge in [0.25, 0.3) is 0 Å². The molecule has 170 valence electrons. The van der Waals surface area contributed by atoms with Crippen LogP contribution in [0.15, 0.2) is 45.6 Å². The number of fused-ring (bicyclic) bond motifs is 1. The zero-order chi connectivity index (χ0) is 23.2. The second-order valence-electron chi connectivity index (χ2n) is 7.31. The van der Waals surface area contributed by atoms with Gasteiger partial charge in [0.1, 0.15) is 52.6 Å². The molecule has 0 amide bonds. The molecule has 3 aromatic rings. The number of aromatic hydroxyl groups is 3. The van der Waals surface area contributed by atoms with Crippen LogP contribution in [0.4, 0.5) is 0 Å². The van der Waals surface area contributed by atoms with Crippen molar-refractivity contribution >= 4 is 11.0 Å². The number of hydrogen-bond acceptors (Lipinski definition) is 11. The molecule has 7 N–H and O–H groups in total. The Balaban J connectivity index is 1.72. The summed E-state index contributed by atoms with van der Waals surface area (Å²) < 4.78 is 16.4. The van der Waals surface area contributed by atoms with E-state index < -0.39 is 54.2 Å². The fourth-order valence-corrected chi connectivity index (χ4v) is 3.43. The lowest BCUT2D eigenvalue weighted by atomic mass is 9.99. The molecule has 1 aliphatic rings. The second-order valence-corrected chi connectivity index (χ2v) is 7.31. The second kappa shape index (κ2) is 8.30. The number of aliphatic hydroxyl groups excluding tert-OH is 4. The zero-order valence-corrected chi connectivity index (χ0v) is 16.3. The van der Waals surface area contributed by atoms with Crippen LogP contribution in [0.2, 0.25) is 0 Å². The first kappa shape index (κ1) is 21.9. The van der Waals surface area contributed by atoms with Crippen LogP contribution in [0.1, 0.15) is 0 Å². The molecule has 3 unspecified atom stereocenters. The van der Waals surface area contributed by atoms with Crippen molar-refractivity contribution in [2.45, 2.75) is 30.7 Å². The number of hydrogen-bond donors (Lipinski definition) is 7. The molecule has 11 nitrogen and oxygen atoms in total. The molecule has 2 heterocycles. The molecule has 4 rings (SSSR count). The maximum absolute atomic E-state index is 12.5. The molecule has 1 aromatic heterocycles. The van der Waals surface area contributed by atoms with Gasteiger partial charge in [0.2, 0.25) is 6.29 Å². The number of phenols is 3. The highest BCUT2D eigenvalue weighted by Gasteiger charge is 2.44. The van der Waals surface area contributed by atoms with Crippen LogP contribution in [0.3, 0.4) is 0 Å². The molecule has 0 spiro atoms. The Morgan fingerprint density at radius 3 is 2.31 bits per heavy atom.